The minimum atomic E-state index is -0.958. The van der Waals surface area contributed by atoms with Crippen molar-refractivity contribution in [3.05, 3.63) is 0 Å². The number of rotatable bonds is 4. The van der Waals surface area contributed by atoms with E-state index in [0.29, 0.717) is 6.29 Å². The Bertz CT molecular complexity index is 390. The van der Waals surface area contributed by atoms with E-state index in [1.165, 1.54) is 20.8 Å². The van der Waals surface area contributed by atoms with Crippen LogP contribution in [-0.4, -0.2) is 42.5 Å². The maximum absolute atomic E-state index is 11.1. The maximum atomic E-state index is 11.1. The summed E-state index contributed by atoms with van der Waals surface area (Å²) in [6.45, 7) is 3.58. The molecule has 1 aliphatic carbocycles. The predicted molar refractivity (Wildman–Crippen MR) is 60.8 cm³/mol. The van der Waals surface area contributed by atoms with E-state index in [2.05, 4.69) is 0 Å². The van der Waals surface area contributed by atoms with Crippen LogP contribution in [0.25, 0.3) is 0 Å². The highest BCUT2D eigenvalue weighted by atomic mass is 16.6. The fourth-order valence-corrected chi connectivity index (χ4v) is 2.13. The van der Waals surface area contributed by atoms with Crippen molar-refractivity contribution in [2.75, 3.05) is 0 Å². The monoisotopic (exact) mass is 272 g/mol. The zero-order valence-corrected chi connectivity index (χ0v) is 11.0. The van der Waals surface area contributed by atoms with Gasteiger partial charge in [-0.3, -0.25) is 14.4 Å². The average Bonchev–Trinajstić information content (AvgIpc) is 2.55. The Hall–Kier alpha value is -1.92. The molecule has 0 bridgehead atoms. The van der Waals surface area contributed by atoms with Gasteiger partial charge in [0.05, 0.1) is 5.92 Å². The van der Waals surface area contributed by atoms with Gasteiger partial charge in [0.25, 0.3) is 0 Å². The smallest absolute Gasteiger partial charge is 0.303 e. The molecule has 0 aromatic rings. The van der Waals surface area contributed by atoms with Crippen LogP contribution in [-0.2, 0) is 33.4 Å². The average molecular weight is 272 g/mol. The molecule has 4 atom stereocenters. The topological polar surface area (TPSA) is 96.0 Å². The van der Waals surface area contributed by atoms with Gasteiger partial charge in [-0.25, -0.2) is 0 Å². The van der Waals surface area contributed by atoms with E-state index in [-0.39, 0.29) is 6.42 Å². The zero-order valence-electron chi connectivity index (χ0n) is 11.0. The number of carbonyl (C=O) groups is 4. The lowest BCUT2D eigenvalue weighted by atomic mass is 10.1. The van der Waals surface area contributed by atoms with E-state index < -0.39 is 42.1 Å². The van der Waals surface area contributed by atoms with Crippen molar-refractivity contribution in [1.82, 2.24) is 0 Å². The molecule has 7 nitrogen and oxygen atoms in total. The van der Waals surface area contributed by atoms with Gasteiger partial charge in [-0.2, -0.15) is 0 Å². The van der Waals surface area contributed by atoms with E-state index in [1.807, 2.05) is 0 Å². The van der Waals surface area contributed by atoms with Crippen molar-refractivity contribution in [3.8, 4) is 0 Å². The molecule has 106 valence electrons. The molecular weight excluding hydrogens is 256 g/mol. The number of esters is 3. The van der Waals surface area contributed by atoms with Crippen molar-refractivity contribution in [1.29, 1.82) is 0 Å². The SMILES string of the molecule is CC(=O)O[C@@H]1[C@H](OC(C)=O)[C@@H](C=O)C[C@@H]1OC(C)=O. The van der Waals surface area contributed by atoms with Crippen molar-refractivity contribution in [2.24, 2.45) is 5.92 Å². The summed E-state index contributed by atoms with van der Waals surface area (Å²) in [7, 11) is 0. The molecule has 19 heavy (non-hydrogen) atoms. The van der Waals surface area contributed by atoms with Crippen molar-refractivity contribution >= 4 is 24.2 Å². The minimum Gasteiger partial charge on any atom is -0.458 e. The molecule has 0 radical (unpaired) electrons. The van der Waals surface area contributed by atoms with Crippen LogP contribution in [0.5, 0.6) is 0 Å². The Labute approximate surface area is 110 Å². The molecule has 0 spiro atoms. The Kier molecular flexibility index (Phi) is 5.02. The highest BCUT2D eigenvalue weighted by molar-refractivity contribution is 5.69. The Morgan fingerprint density at radius 1 is 0.895 bits per heavy atom. The normalized spacial score (nSPS) is 29.4. The fraction of sp³-hybridized carbons (Fsp3) is 0.667. The van der Waals surface area contributed by atoms with Crippen molar-refractivity contribution in [3.63, 3.8) is 0 Å². The number of ether oxygens (including phenoxy) is 3. The number of carbonyl (C=O) groups excluding carboxylic acids is 4. The second kappa shape index (κ2) is 6.31. The largest absolute Gasteiger partial charge is 0.458 e. The van der Waals surface area contributed by atoms with Gasteiger partial charge in [-0.05, 0) is 0 Å². The summed E-state index contributed by atoms with van der Waals surface area (Å²) in [5.41, 5.74) is 0. The fourth-order valence-electron chi connectivity index (χ4n) is 2.13. The second-order valence-corrected chi connectivity index (χ2v) is 4.33. The first-order valence-corrected chi connectivity index (χ1v) is 5.82. The van der Waals surface area contributed by atoms with E-state index in [0.717, 1.165) is 0 Å². The number of hydrogen-bond donors (Lipinski definition) is 0. The van der Waals surface area contributed by atoms with Crippen LogP contribution in [0.1, 0.15) is 27.2 Å². The van der Waals surface area contributed by atoms with Crippen molar-refractivity contribution in [2.45, 2.75) is 45.5 Å². The van der Waals surface area contributed by atoms with Gasteiger partial charge >= 0.3 is 17.9 Å². The lowest BCUT2D eigenvalue weighted by Gasteiger charge is -2.24. The molecule has 1 fully saturated rings. The predicted octanol–water partition coefficient (Wildman–Crippen LogP) is 0.000300. The Morgan fingerprint density at radius 2 is 1.37 bits per heavy atom. The lowest BCUT2D eigenvalue weighted by molar-refractivity contribution is -0.175. The van der Waals surface area contributed by atoms with E-state index in [1.54, 1.807) is 0 Å². The highest BCUT2D eigenvalue weighted by Gasteiger charge is 2.49. The van der Waals surface area contributed by atoms with Crippen LogP contribution in [0.2, 0.25) is 0 Å². The van der Waals surface area contributed by atoms with E-state index >= 15 is 0 Å². The molecule has 1 rings (SSSR count). The number of hydrogen-bond acceptors (Lipinski definition) is 7. The molecule has 0 amide bonds. The molecule has 0 saturated heterocycles. The summed E-state index contributed by atoms with van der Waals surface area (Å²) in [5.74, 6) is -2.43. The zero-order chi connectivity index (χ0) is 14.6. The van der Waals surface area contributed by atoms with Gasteiger partial charge in [0.15, 0.2) is 12.2 Å². The molecule has 0 aliphatic heterocycles. The first-order valence-electron chi connectivity index (χ1n) is 5.82. The van der Waals surface area contributed by atoms with Crippen LogP contribution in [0, 0.1) is 5.92 Å². The van der Waals surface area contributed by atoms with E-state index in [9.17, 15) is 19.2 Å². The summed E-state index contributed by atoms with van der Waals surface area (Å²) >= 11 is 0. The summed E-state index contributed by atoms with van der Waals surface area (Å²) in [6.07, 6.45) is -1.92. The summed E-state index contributed by atoms with van der Waals surface area (Å²) in [4.78, 5) is 44.1. The highest BCUT2D eigenvalue weighted by Crippen LogP contribution is 2.32. The van der Waals surface area contributed by atoms with Gasteiger partial charge in [-0.1, -0.05) is 0 Å². The summed E-state index contributed by atoms with van der Waals surface area (Å²) in [5, 5.41) is 0. The number of aldehydes is 1. The molecule has 0 N–H and O–H groups in total. The maximum Gasteiger partial charge on any atom is 0.303 e. The molecule has 0 aromatic carbocycles. The summed E-state index contributed by atoms with van der Waals surface area (Å²) in [6, 6.07) is 0. The first-order chi connectivity index (χ1) is 8.85. The van der Waals surface area contributed by atoms with E-state index in [4.69, 9.17) is 14.2 Å². The van der Waals surface area contributed by atoms with Crippen LogP contribution in [0.4, 0.5) is 0 Å². The molecule has 7 heteroatoms. The van der Waals surface area contributed by atoms with Gasteiger partial charge < -0.3 is 19.0 Å². The van der Waals surface area contributed by atoms with Gasteiger partial charge in [0, 0.05) is 27.2 Å². The van der Waals surface area contributed by atoms with Crippen molar-refractivity contribution < 1.29 is 33.4 Å². The Balaban J connectivity index is 2.93. The molecular formula is C12H16O7. The third-order valence-electron chi connectivity index (χ3n) is 2.71. The molecule has 1 saturated carbocycles. The van der Waals surface area contributed by atoms with Crippen LogP contribution < -0.4 is 0 Å². The van der Waals surface area contributed by atoms with Crippen LogP contribution >= 0.6 is 0 Å². The minimum absolute atomic E-state index is 0.152. The molecule has 0 unspecified atom stereocenters. The second-order valence-electron chi connectivity index (χ2n) is 4.33. The van der Waals surface area contributed by atoms with Crippen LogP contribution in [0.3, 0.4) is 0 Å². The van der Waals surface area contributed by atoms with Crippen LogP contribution in [0.15, 0.2) is 0 Å². The Morgan fingerprint density at radius 3 is 1.79 bits per heavy atom. The molecule has 0 aromatic heterocycles. The third kappa shape index (κ3) is 4.04. The lowest BCUT2D eigenvalue weighted by Crippen LogP contribution is -2.40. The quantitative estimate of drug-likeness (QED) is 0.403. The summed E-state index contributed by atoms with van der Waals surface area (Å²) < 4.78 is 15.0. The van der Waals surface area contributed by atoms with Gasteiger partial charge in [0.1, 0.15) is 12.4 Å². The van der Waals surface area contributed by atoms with Gasteiger partial charge in [-0.15, -0.1) is 0 Å². The molecule has 0 heterocycles. The first kappa shape index (κ1) is 15.1. The molecule has 1 aliphatic rings. The standard InChI is InChI=1S/C12H16O7/c1-6(14)17-10-4-9(5-13)11(18-7(2)15)12(10)19-8(3)16/h5,9-12H,4H2,1-3H3/t9-,10+,11-,12+/m1/s1. The van der Waals surface area contributed by atoms with Gasteiger partial charge in [0.2, 0.25) is 0 Å². The third-order valence-corrected chi connectivity index (χ3v) is 2.71.